The summed E-state index contributed by atoms with van der Waals surface area (Å²) in [4.78, 5) is 15.7. The fraction of sp³-hybridized carbons (Fsp3) is 0.361. The second-order valence-electron chi connectivity index (χ2n) is 22.4. The smallest absolute Gasteiger partial charge is 0.164 e. The van der Waals surface area contributed by atoms with Crippen molar-refractivity contribution >= 4 is 21.8 Å². The summed E-state index contributed by atoms with van der Waals surface area (Å²) >= 11 is 0. The van der Waals surface area contributed by atoms with E-state index in [1.807, 2.05) is 6.07 Å². The van der Waals surface area contributed by atoms with Crippen LogP contribution < -0.4 is 0 Å². The van der Waals surface area contributed by atoms with Crippen LogP contribution in [0.4, 0.5) is 0 Å². The lowest BCUT2D eigenvalue weighted by Gasteiger charge is -2.56. The summed E-state index contributed by atoms with van der Waals surface area (Å²) in [5.41, 5.74) is 16.0. The van der Waals surface area contributed by atoms with Crippen molar-refractivity contribution in [3.05, 3.63) is 156 Å². The maximum Gasteiger partial charge on any atom is 0.164 e. The minimum atomic E-state index is -0.0289. The highest BCUT2D eigenvalue weighted by molar-refractivity contribution is 6.10. The molecule has 0 N–H and O–H groups in total. The highest BCUT2D eigenvalue weighted by Gasteiger charge is 2.75. The fourth-order valence-corrected chi connectivity index (χ4v) is 13.7. The number of aromatic nitrogens is 4. The molecule has 3 aliphatic carbocycles. The Kier molecular flexibility index (Phi) is 8.75. The van der Waals surface area contributed by atoms with Crippen LogP contribution in [0.1, 0.15) is 125 Å². The number of hydrogen-bond acceptors (Lipinski definition) is 3. The van der Waals surface area contributed by atoms with E-state index in [0.717, 1.165) is 34.3 Å². The molecule has 11 rings (SSSR count). The first kappa shape index (κ1) is 41.8. The number of fused-ring (bicyclic) bond motifs is 3. The van der Waals surface area contributed by atoms with Crippen LogP contribution in [-0.2, 0) is 21.7 Å². The maximum absolute atomic E-state index is 5.29. The van der Waals surface area contributed by atoms with E-state index < -0.39 is 0 Å². The van der Waals surface area contributed by atoms with Gasteiger partial charge in [-0.3, -0.25) is 0 Å². The molecule has 1 saturated carbocycles. The molecule has 0 saturated heterocycles. The molecule has 1 fully saturated rings. The monoisotopic (exact) mass is 853 g/mol. The van der Waals surface area contributed by atoms with E-state index in [9.17, 15) is 0 Å². The van der Waals surface area contributed by atoms with E-state index in [1.54, 1.807) is 22.3 Å². The minimum absolute atomic E-state index is 0.0115. The van der Waals surface area contributed by atoms with Crippen LogP contribution in [0.15, 0.2) is 133 Å². The molecule has 3 aliphatic rings. The van der Waals surface area contributed by atoms with E-state index in [-0.39, 0.29) is 37.9 Å². The molecule has 4 nitrogen and oxygen atoms in total. The van der Waals surface area contributed by atoms with Gasteiger partial charge in [-0.25, -0.2) is 15.0 Å². The summed E-state index contributed by atoms with van der Waals surface area (Å²) in [7, 11) is 0. The van der Waals surface area contributed by atoms with E-state index >= 15 is 0 Å². The minimum Gasteiger partial charge on any atom is -0.309 e. The molecule has 65 heavy (non-hydrogen) atoms. The van der Waals surface area contributed by atoms with Crippen molar-refractivity contribution in [2.75, 3.05) is 0 Å². The van der Waals surface area contributed by atoms with Gasteiger partial charge in [-0.05, 0) is 122 Å². The average Bonchev–Trinajstić information content (AvgIpc) is 3.72. The van der Waals surface area contributed by atoms with Crippen molar-refractivity contribution < 1.29 is 0 Å². The van der Waals surface area contributed by atoms with Crippen molar-refractivity contribution in [2.45, 2.75) is 124 Å². The Morgan fingerprint density at radius 1 is 0.462 bits per heavy atom. The topological polar surface area (TPSA) is 43.6 Å². The lowest BCUT2D eigenvalue weighted by molar-refractivity contribution is -0.0107. The van der Waals surface area contributed by atoms with Gasteiger partial charge in [0, 0.05) is 44.0 Å². The van der Waals surface area contributed by atoms with Crippen molar-refractivity contribution in [1.29, 1.82) is 0 Å². The summed E-state index contributed by atoms with van der Waals surface area (Å²) in [5, 5.41) is 2.37. The van der Waals surface area contributed by atoms with Crippen molar-refractivity contribution in [2.24, 2.45) is 16.2 Å². The number of nitrogens with zero attached hydrogens (tertiary/aromatic N) is 4. The molecule has 4 heteroatoms. The van der Waals surface area contributed by atoms with Gasteiger partial charge in [-0.15, -0.1) is 0 Å². The average molecular weight is 853 g/mol. The normalized spacial score (nSPS) is 24.1. The Balaban J connectivity index is 1.09. The summed E-state index contributed by atoms with van der Waals surface area (Å²) in [5.74, 6) is 2.00. The van der Waals surface area contributed by atoms with E-state index in [1.165, 1.54) is 40.3 Å². The van der Waals surface area contributed by atoms with Crippen LogP contribution >= 0.6 is 0 Å². The number of para-hydroxylation sites is 2. The standard InChI is InChI=1S/C61H64N4/c1-13-59(11)37-61(59,14-2)49-44(36-46-50-51(49)56(5,6)58(9,10)60(50,12)57(7,8)55(46,3)4)38-29-31-40(32-30-38)53-62-52(39-23-17-15-18-24-39)63-54(64-53)41-33-34-48-45(35-41)43-27-21-22-28-47(43)65(48)42-25-19-16-20-26-42/h15-36H,13-14,37H2,1-12H3. The molecule has 6 aromatic carbocycles. The first-order chi connectivity index (χ1) is 30.9. The van der Waals surface area contributed by atoms with Crippen LogP contribution in [0, 0.1) is 16.2 Å². The predicted octanol–water partition coefficient (Wildman–Crippen LogP) is 16.0. The van der Waals surface area contributed by atoms with Gasteiger partial charge in [0.1, 0.15) is 0 Å². The molecule has 0 radical (unpaired) electrons. The van der Waals surface area contributed by atoms with Gasteiger partial charge < -0.3 is 4.57 Å². The van der Waals surface area contributed by atoms with Gasteiger partial charge >= 0.3 is 0 Å². The van der Waals surface area contributed by atoms with Crippen LogP contribution in [0.3, 0.4) is 0 Å². The second-order valence-corrected chi connectivity index (χ2v) is 22.4. The molecular weight excluding hydrogens is 789 g/mol. The molecule has 3 atom stereocenters. The third-order valence-electron chi connectivity index (χ3n) is 19.4. The molecule has 3 unspecified atom stereocenters. The van der Waals surface area contributed by atoms with E-state index in [4.69, 9.17) is 15.0 Å². The summed E-state index contributed by atoms with van der Waals surface area (Å²) < 4.78 is 2.35. The second kappa shape index (κ2) is 13.6. The molecule has 0 amide bonds. The summed E-state index contributed by atoms with van der Waals surface area (Å²) in [6.45, 7) is 30.5. The third kappa shape index (κ3) is 5.23. The number of rotatable bonds is 8. The molecule has 328 valence electrons. The first-order valence-corrected chi connectivity index (χ1v) is 24.1. The Hall–Kier alpha value is -5.87. The highest BCUT2D eigenvalue weighted by Crippen LogP contribution is 2.80. The van der Waals surface area contributed by atoms with Gasteiger partial charge in [0.15, 0.2) is 17.5 Å². The lowest BCUT2D eigenvalue weighted by atomic mass is 9.47. The van der Waals surface area contributed by atoms with Crippen molar-refractivity contribution in [3.8, 4) is 51.0 Å². The van der Waals surface area contributed by atoms with E-state index in [2.05, 4.69) is 215 Å². The van der Waals surface area contributed by atoms with Crippen LogP contribution in [0.2, 0.25) is 0 Å². The molecule has 8 aromatic rings. The number of hydrogen-bond donors (Lipinski definition) is 0. The van der Waals surface area contributed by atoms with Crippen molar-refractivity contribution in [3.63, 3.8) is 0 Å². The Bertz CT molecular complexity index is 3220. The summed E-state index contributed by atoms with van der Waals surface area (Å²) in [6, 6.07) is 48.1. The predicted molar refractivity (Wildman–Crippen MR) is 272 cm³/mol. The van der Waals surface area contributed by atoms with Gasteiger partial charge in [0.25, 0.3) is 0 Å². The van der Waals surface area contributed by atoms with Crippen LogP contribution in [0.25, 0.3) is 72.8 Å². The molecule has 0 aliphatic heterocycles. The Morgan fingerprint density at radius 2 is 0.985 bits per heavy atom. The van der Waals surface area contributed by atoms with Gasteiger partial charge in [-0.2, -0.15) is 0 Å². The summed E-state index contributed by atoms with van der Waals surface area (Å²) in [6.07, 6.45) is 3.56. The maximum atomic E-state index is 5.29. The fourth-order valence-electron chi connectivity index (χ4n) is 13.7. The Morgan fingerprint density at radius 3 is 1.60 bits per heavy atom. The molecule has 2 heterocycles. The third-order valence-corrected chi connectivity index (χ3v) is 19.4. The van der Waals surface area contributed by atoms with Crippen molar-refractivity contribution in [1.82, 2.24) is 19.5 Å². The lowest BCUT2D eigenvalue weighted by Crippen LogP contribution is -2.55. The zero-order valence-electron chi connectivity index (χ0n) is 40.6. The SMILES string of the molecule is CCC1(C)CC1(CC)c1c(-c2ccc(-c3nc(-c4ccccc4)nc(-c4ccc5c(c4)c4ccccc4n5-c4ccccc4)n3)cc2)cc2c3c1C(C)(C)C(C)(C)C3(C)C(C)(C)C2(C)C. The first-order valence-electron chi connectivity index (χ1n) is 24.1. The van der Waals surface area contributed by atoms with E-state index in [0.29, 0.717) is 17.5 Å². The van der Waals surface area contributed by atoms with Crippen LogP contribution in [-0.4, -0.2) is 19.5 Å². The van der Waals surface area contributed by atoms with Crippen LogP contribution in [0.5, 0.6) is 0 Å². The largest absolute Gasteiger partial charge is 0.309 e. The van der Waals surface area contributed by atoms with Gasteiger partial charge in [0.05, 0.1) is 11.0 Å². The highest BCUT2D eigenvalue weighted by atomic mass is 15.0. The zero-order chi connectivity index (χ0) is 45.7. The Labute approximate surface area is 386 Å². The molecule has 0 spiro atoms. The zero-order valence-corrected chi connectivity index (χ0v) is 40.6. The van der Waals surface area contributed by atoms with Gasteiger partial charge in [0.2, 0.25) is 0 Å². The molecule has 2 aromatic heterocycles. The molecular formula is C61H64N4. The quantitative estimate of drug-likeness (QED) is 0.153. The van der Waals surface area contributed by atoms with Gasteiger partial charge in [-0.1, -0.05) is 174 Å². The number of benzene rings is 6. The molecule has 0 bridgehead atoms.